The summed E-state index contributed by atoms with van der Waals surface area (Å²) in [6.07, 6.45) is 1.54. The van der Waals surface area contributed by atoms with Crippen LogP contribution in [0.5, 0.6) is 5.75 Å². The Balaban J connectivity index is 2.26. The average molecular weight is 306 g/mol. The zero-order valence-corrected chi connectivity index (χ0v) is 13.4. The number of benzene rings is 2. The van der Waals surface area contributed by atoms with Crippen LogP contribution >= 0.6 is 0 Å². The van der Waals surface area contributed by atoms with Crippen LogP contribution in [-0.4, -0.2) is 13.0 Å². The zero-order chi connectivity index (χ0) is 16.8. The van der Waals surface area contributed by atoms with Crippen molar-refractivity contribution < 1.29 is 9.53 Å². The van der Waals surface area contributed by atoms with E-state index in [0.717, 1.165) is 16.7 Å². The number of ether oxygens (including phenoxy) is 1. The number of carbonyl (C=O) groups is 1. The number of hydrogen-bond donors (Lipinski definition) is 1. The summed E-state index contributed by atoms with van der Waals surface area (Å²) in [4.78, 5) is 12.3. The van der Waals surface area contributed by atoms with Crippen molar-refractivity contribution in [1.82, 2.24) is 0 Å². The van der Waals surface area contributed by atoms with Gasteiger partial charge < -0.3 is 10.1 Å². The molecule has 0 aromatic heterocycles. The molecule has 2 aromatic rings. The Kier molecular flexibility index (Phi) is 5.16. The van der Waals surface area contributed by atoms with E-state index in [4.69, 9.17) is 4.74 Å². The standard InChI is InChI=1S/C19H18N2O2/c1-13-6-4-9-18(14(13)2)21-19(22)16(12-20)10-15-7-5-8-17(11-15)23-3/h4-11H,1-3H3,(H,21,22)/b16-10+. The Labute approximate surface area is 136 Å². The van der Waals surface area contributed by atoms with Gasteiger partial charge in [-0.25, -0.2) is 0 Å². The number of nitrogens with zero attached hydrogens (tertiary/aromatic N) is 1. The van der Waals surface area contributed by atoms with Crippen molar-refractivity contribution in [1.29, 1.82) is 5.26 Å². The van der Waals surface area contributed by atoms with Crippen molar-refractivity contribution in [2.75, 3.05) is 12.4 Å². The van der Waals surface area contributed by atoms with Crippen LogP contribution in [0, 0.1) is 25.2 Å². The van der Waals surface area contributed by atoms with Crippen molar-refractivity contribution in [2.24, 2.45) is 0 Å². The van der Waals surface area contributed by atoms with Gasteiger partial charge in [0.25, 0.3) is 5.91 Å². The van der Waals surface area contributed by atoms with E-state index in [1.165, 1.54) is 0 Å². The van der Waals surface area contributed by atoms with Gasteiger partial charge in [0.1, 0.15) is 17.4 Å². The lowest BCUT2D eigenvalue weighted by molar-refractivity contribution is -0.112. The molecule has 0 saturated carbocycles. The summed E-state index contributed by atoms with van der Waals surface area (Å²) in [6.45, 7) is 3.91. The van der Waals surface area contributed by atoms with Gasteiger partial charge in [-0.1, -0.05) is 24.3 Å². The first kappa shape index (κ1) is 16.3. The van der Waals surface area contributed by atoms with Crippen LogP contribution in [0.2, 0.25) is 0 Å². The molecule has 0 fully saturated rings. The smallest absolute Gasteiger partial charge is 0.266 e. The first-order valence-electron chi connectivity index (χ1n) is 7.18. The first-order valence-corrected chi connectivity index (χ1v) is 7.18. The van der Waals surface area contributed by atoms with E-state index in [1.54, 1.807) is 25.3 Å². The highest BCUT2D eigenvalue weighted by Crippen LogP contribution is 2.20. The summed E-state index contributed by atoms with van der Waals surface area (Å²) < 4.78 is 5.14. The lowest BCUT2D eigenvalue weighted by Crippen LogP contribution is -2.14. The SMILES string of the molecule is COc1cccc(/C=C(\C#N)C(=O)Nc2cccc(C)c2C)c1. The van der Waals surface area contributed by atoms with Crippen LogP contribution in [0.1, 0.15) is 16.7 Å². The number of aryl methyl sites for hydroxylation is 1. The normalized spacial score (nSPS) is 10.8. The van der Waals surface area contributed by atoms with E-state index >= 15 is 0 Å². The molecule has 4 nitrogen and oxygen atoms in total. The lowest BCUT2D eigenvalue weighted by atomic mass is 10.1. The third kappa shape index (κ3) is 3.98. The van der Waals surface area contributed by atoms with Crippen molar-refractivity contribution in [3.8, 4) is 11.8 Å². The van der Waals surface area contributed by atoms with Gasteiger partial charge in [-0.15, -0.1) is 0 Å². The Bertz CT molecular complexity index is 801. The molecule has 2 rings (SSSR count). The number of anilines is 1. The number of nitrogens with one attached hydrogen (secondary N) is 1. The van der Waals surface area contributed by atoms with Gasteiger partial charge in [-0.2, -0.15) is 5.26 Å². The molecule has 0 unspecified atom stereocenters. The van der Waals surface area contributed by atoms with Gasteiger partial charge in [0.05, 0.1) is 7.11 Å². The molecule has 116 valence electrons. The quantitative estimate of drug-likeness (QED) is 0.689. The Morgan fingerprint density at radius 3 is 2.65 bits per heavy atom. The van der Waals surface area contributed by atoms with Crippen molar-refractivity contribution in [3.05, 3.63) is 64.7 Å². The van der Waals surface area contributed by atoms with Gasteiger partial charge in [-0.05, 0) is 54.8 Å². The minimum absolute atomic E-state index is 0.0409. The van der Waals surface area contributed by atoms with E-state index in [1.807, 2.05) is 50.2 Å². The number of carbonyl (C=O) groups excluding carboxylic acids is 1. The van der Waals surface area contributed by atoms with Crippen LogP contribution < -0.4 is 10.1 Å². The van der Waals surface area contributed by atoms with Gasteiger partial charge in [-0.3, -0.25) is 4.79 Å². The predicted octanol–water partition coefficient (Wildman–Crippen LogP) is 3.86. The number of rotatable bonds is 4. The average Bonchev–Trinajstić information content (AvgIpc) is 2.57. The largest absolute Gasteiger partial charge is 0.497 e. The molecule has 4 heteroatoms. The molecular weight excluding hydrogens is 288 g/mol. The Morgan fingerprint density at radius 2 is 1.96 bits per heavy atom. The molecule has 0 bridgehead atoms. The van der Waals surface area contributed by atoms with Crippen LogP contribution in [0.4, 0.5) is 5.69 Å². The fourth-order valence-corrected chi connectivity index (χ4v) is 2.12. The second-order valence-corrected chi connectivity index (χ2v) is 5.15. The number of nitriles is 1. The van der Waals surface area contributed by atoms with Gasteiger partial charge in [0, 0.05) is 5.69 Å². The summed E-state index contributed by atoms with van der Waals surface area (Å²) in [7, 11) is 1.57. The Morgan fingerprint density at radius 1 is 1.22 bits per heavy atom. The van der Waals surface area contributed by atoms with Gasteiger partial charge in [0.15, 0.2) is 0 Å². The highest BCUT2D eigenvalue weighted by Gasteiger charge is 2.11. The molecule has 0 radical (unpaired) electrons. The molecule has 0 aliphatic carbocycles. The zero-order valence-electron chi connectivity index (χ0n) is 13.4. The highest BCUT2D eigenvalue weighted by atomic mass is 16.5. The van der Waals surface area contributed by atoms with Crippen LogP contribution in [0.25, 0.3) is 6.08 Å². The number of amides is 1. The highest BCUT2D eigenvalue weighted by molar-refractivity contribution is 6.10. The van der Waals surface area contributed by atoms with Gasteiger partial charge >= 0.3 is 0 Å². The Hall–Kier alpha value is -3.06. The lowest BCUT2D eigenvalue weighted by Gasteiger charge is -2.10. The molecule has 2 aromatic carbocycles. The molecular formula is C19H18N2O2. The molecule has 1 N–H and O–H groups in total. The fraction of sp³-hybridized carbons (Fsp3) is 0.158. The van der Waals surface area contributed by atoms with Crippen molar-refractivity contribution in [2.45, 2.75) is 13.8 Å². The minimum Gasteiger partial charge on any atom is -0.497 e. The maximum absolute atomic E-state index is 12.3. The summed E-state index contributed by atoms with van der Waals surface area (Å²) in [5, 5.41) is 12.1. The topological polar surface area (TPSA) is 62.1 Å². The van der Waals surface area contributed by atoms with E-state index in [9.17, 15) is 10.1 Å². The van der Waals surface area contributed by atoms with E-state index in [-0.39, 0.29) is 5.57 Å². The second-order valence-electron chi connectivity index (χ2n) is 5.15. The fourth-order valence-electron chi connectivity index (χ4n) is 2.12. The summed E-state index contributed by atoms with van der Waals surface area (Å²) >= 11 is 0. The monoisotopic (exact) mass is 306 g/mol. The molecule has 0 heterocycles. The molecule has 1 amide bonds. The summed E-state index contributed by atoms with van der Waals surface area (Å²) in [6, 6.07) is 14.8. The van der Waals surface area contributed by atoms with Crippen molar-refractivity contribution >= 4 is 17.7 Å². The van der Waals surface area contributed by atoms with Crippen molar-refractivity contribution in [3.63, 3.8) is 0 Å². The number of hydrogen-bond acceptors (Lipinski definition) is 3. The second kappa shape index (κ2) is 7.28. The first-order chi connectivity index (χ1) is 11.0. The van der Waals surface area contributed by atoms with E-state index in [0.29, 0.717) is 11.4 Å². The van der Waals surface area contributed by atoms with E-state index < -0.39 is 5.91 Å². The molecule has 23 heavy (non-hydrogen) atoms. The molecule has 0 aliphatic rings. The maximum atomic E-state index is 12.3. The maximum Gasteiger partial charge on any atom is 0.266 e. The van der Waals surface area contributed by atoms with Crippen LogP contribution in [-0.2, 0) is 4.79 Å². The third-order valence-corrected chi connectivity index (χ3v) is 3.62. The van der Waals surface area contributed by atoms with Crippen LogP contribution in [0.15, 0.2) is 48.0 Å². The third-order valence-electron chi connectivity index (χ3n) is 3.62. The molecule has 0 atom stereocenters. The number of methoxy groups -OCH3 is 1. The van der Waals surface area contributed by atoms with Gasteiger partial charge in [0.2, 0.25) is 0 Å². The summed E-state index contributed by atoms with van der Waals surface area (Å²) in [5.41, 5.74) is 3.55. The minimum atomic E-state index is -0.427. The van der Waals surface area contributed by atoms with Crippen LogP contribution in [0.3, 0.4) is 0 Å². The molecule has 0 saturated heterocycles. The van der Waals surface area contributed by atoms with E-state index in [2.05, 4.69) is 5.32 Å². The summed E-state index contributed by atoms with van der Waals surface area (Å²) in [5.74, 6) is 0.245. The molecule has 0 aliphatic heterocycles. The molecule has 0 spiro atoms. The predicted molar refractivity (Wildman–Crippen MR) is 91.1 cm³/mol.